The number of nitrogens with two attached hydrogens (primary N) is 1. The van der Waals surface area contributed by atoms with Gasteiger partial charge in [-0.2, -0.15) is 0 Å². The van der Waals surface area contributed by atoms with Crippen LogP contribution in [0, 0.1) is 23.4 Å². The molecule has 0 spiro atoms. The van der Waals surface area contributed by atoms with Gasteiger partial charge in [-0.3, -0.25) is 10.5 Å². The SMILES string of the molecule is CC(C)(C)[S@+]([O-])[C@](N)(Cc1cc(F)c(F)cc1F)C1CCN(C(=O)CCc2ccccc2)CC1. The van der Waals surface area contributed by atoms with Gasteiger partial charge in [0.15, 0.2) is 16.5 Å². The summed E-state index contributed by atoms with van der Waals surface area (Å²) in [7, 11) is 0. The van der Waals surface area contributed by atoms with Gasteiger partial charge in [-0.05, 0) is 68.4 Å². The van der Waals surface area contributed by atoms with Crippen molar-refractivity contribution in [3.8, 4) is 0 Å². The van der Waals surface area contributed by atoms with Crippen LogP contribution in [0.1, 0.15) is 51.2 Å². The maximum atomic E-state index is 14.5. The van der Waals surface area contributed by atoms with Crippen LogP contribution in [0.3, 0.4) is 0 Å². The first-order chi connectivity index (χ1) is 15.9. The topological polar surface area (TPSA) is 69.4 Å². The first kappa shape index (κ1) is 26.6. The molecule has 2 atom stereocenters. The molecule has 0 unspecified atom stereocenters. The number of hydrogen-bond acceptors (Lipinski definition) is 3. The predicted octanol–water partition coefficient (Wildman–Crippen LogP) is 4.72. The summed E-state index contributed by atoms with van der Waals surface area (Å²) in [5.74, 6) is -3.58. The van der Waals surface area contributed by atoms with E-state index in [0.717, 1.165) is 11.6 Å². The summed E-state index contributed by atoms with van der Waals surface area (Å²) in [6.45, 7) is 6.27. The van der Waals surface area contributed by atoms with Gasteiger partial charge < -0.3 is 9.45 Å². The largest absolute Gasteiger partial charge is 0.614 e. The molecular weight excluding hydrogens is 461 g/mol. The van der Waals surface area contributed by atoms with E-state index < -0.39 is 38.2 Å². The Balaban J connectivity index is 1.73. The molecule has 8 heteroatoms. The molecule has 0 saturated carbocycles. The lowest BCUT2D eigenvalue weighted by molar-refractivity contribution is -0.132. The molecule has 1 saturated heterocycles. The van der Waals surface area contributed by atoms with E-state index >= 15 is 0 Å². The highest BCUT2D eigenvalue weighted by atomic mass is 32.2. The summed E-state index contributed by atoms with van der Waals surface area (Å²) in [4.78, 5) is 13.2. The molecule has 0 aromatic heterocycles. The Bertz CT molecular complexity index is 992. The summed E-state index contributed by atoms with van der Waals surface area (Å²) < 4.78 is 54.6. The van der Waals surface area contributed by atoms with Gasteiger partial charge in [0.05, 0.1) is 0 Å². The lowest BCUT2D eigenvalue weighted by Gasteiger charge is -2.46. The van der Waals surface area contributed by atoms with Crippen LogP contribution in [-0.2, 0) is 28.8 Å². The molecule has 2 aromatic rings. The molecule has 1 aliphatic heterocycles. The summed E-state index contributed by atoms with van der Waals surface area (Å²) in [5.41, 5.74) is 7.76. The van der Waals surface area contributed by atoms with Crippen LogP contribution in [-0.4, -0.2) is 38.1 Å². The van der Waals surface area contributed by atoms with Crippen LogP contribution in [0.2, 0.25) is 0 Å². The van der Waals surface area contributed by atoms with Crippen LogP contribution in [0.25, 0.3) is 0 Å². The quantitative estimate of drug-likeness (QED) is 0.447. The molecule has 1 aliphatic rings. The number of nitrogens with zero attached hydrogens (tertiary/aromatic N) is 1. The molecule has 186 valence electrons. The number of aryl methyl sites for hydroxylation is 1. The maximum absolute atomic E-state index is 14.5. The number of benzene rings is 2. The van der Waals surface area contributed by atoms with Crippen LogP contribution >= 0.6 is 0 Å². The molecule has 34 heavy (non-hydrogen) atoms. The molecule has 3 rings (SSSR count). The Morgan fingerprint density at radius 3 is 2.24 bits per heavy atom. The van der Waals surface area contributed by atoms with Crippen LogP contribution < -0.4 is 5.73 Å². The van der Waals surface area contributed by atoms with Crippen molar-refractivity contribution in [2.45, 2.75) is 62.5 Å². The Hall–Kier alpha value is -2.03. The van der Waals surface area contributed by atoms with Gasteiger partial charge in [0, 0.05) is 37.9 Å². The third kappa shape index (κ3) is 6.15. The van der Waals surface area contributed by atoms with Crippen molar-refractivity contribution in [1.29, 1.82) is 0 Å². The van der Waals surface area contributed by atoms with Crippen molar-refractivity contribution in [3.63, 3.8) is 0 Å². The standard InChI is InChI=1S/C26H33F3N2O2S/c1-25(2,3)34(33)26(30,17-19-15-22(28)23(29)16-21(19)27)20-11-13-31(14-12-20)24(32)10-9-18-7-5-4-6-8-18/h4-8,15-16,20H,9-14,17,30H2,1-3H3/t26-,34+/m1/s1. The number of carbonyl (C=O) groups excluding carboxylic acids is 1. The fourth-order valence-electron chi connectivity index (χ4n) is 4.60. The minimum atomic E-state index is -1.62. The van der Waals surface area contributed by atoms with Gasteiger partial charge in [-0.25, -0.2) is 13.2 Å². The zero-order valence-corrected chi connectivity index (χ0v) is 20.8. The highest BCUT2D eigenvalue weighted by Crippen LogP contribution is 2.39. The van der Waals surface area contributed by atoms with E-state index in [1.165, 1.54) is 0 Å². The Morgan fingerprint density at radius 1 is 1.06 bits per heavy atom. The van der Waals surface area contributed by atoms with Gasteiger partial charge in [0.2, 0.25) is 5.91 Å². The first-order valence-corrected chi connectivity index (χ1v) is 12.7. The fraction of sp³-hybridized carbons (Fsp3) is 0.500. The molecule has 1 fully saturated rings. The summed E-state index contributed by atoms with van der Waals surface area (Å²) in [5, 5.41) is 0. The number of halogens is 3. The second-order valence-corrected chi connectivity index (χ2v) is 12.5. The highest BCUT2D eigenvalue weighted by Gasteiger charge is 2.51. The fourth-order valence-corrected chi connectivity index (χ4v) is 6.56. The van der Waals surface area contributed by atoms with Crippen molar-refractivity contribution in [3.05, 3.63) is 71.0 Å². The van der Waals surface area contributed by atoms with E-state index in [-0.39, 0.29) is 23.8 Å². The highest BCUT2D eigenvalue weighted by molar-refractivity contribution is 7.94. The molecule has 0 aliphatic carbocycles. The summed E-state index contributed by atoms with van der Waals surface area (Å²) >= 11 is -1.62. The molecule has 0 bridgehead atoms. The number of piperidine rings is 1. The minimum Gasteiger partial charge on any atom is -0.614 e. The maximum Gasteiger partial charge on any atom is 0.222 e. The van der Waals surface area contributed by atoms with Gasteiger partial charge >= 0.3 is 0 Å². The van der Waals surface area contributed by atoms with Gasteiger partial charge in [0.1, 0.15) is 10.6 Å². The van der Waals surface area contributed by atoms with Gasteiger partial charge in [-0.1, -0.05) is 30.3 Å². The molecule has 2 N–H and O–H groups in total. The Morgan fingerprint density at radius 2 is 1.65 bits per heavy atom. The third-order valence-corrected chi connectivity index (χ3v) is 8.75. The molecule has 1 amide bonds. The lowest BCUT2D eigenvalue weighted by atomic mass is 9.85. The van der Waals surface area contributed by atoms with E-state index in [2.05, 4.69) is 0 Å². The second kappa shape index (κ2) is 10.7. The first-order valence-electron chi connectivity index (χ1n) is 11.6. The number of carbonyl (C=O) groups is 1. The third-order valence-electron chi connectivity index (χ3n) is 6.47. The van der Waals surface area contributed by atoms with E-state index in [1.807, 2.05) is 30.3 Å². The van der Waals surface area contributed by atoms with Crippen LogP contribution in [0.15, 0.2) is 42.5 Å². The number of rotatable bonds is 7. The average Bonchev–Trinajstić information content (AvgIpc) is 2.80. The second-order valence-electron chi connectivity index (χ2n) is 10.0. The van der Waals surface area contributed by atoms with Crippen molar-refractivity contribution in [2.24, 2.45) is 11.7 Å². The molecule has 1 heterocycles. The summed E-state index contributed by atoms with van der Waals surface area (Å²) in [6, 6.07) is 11.1. The van der Waals surface area contributed by atoms with E-state index in [9.17, 15) is 22.5 Å². The smallest absolute Gasteiger partial charge is 0.222 e. The van der Waals surface area contributed by atoms with E-state index in [0.29, 0.717) is 44.8 Å². The van der Waals surface area contributed by atoms with Crippen molar-refractivity contribution in [1.82, 2.24) is 4.90 Å². The van der Waals surface area contributed by atoms with Crippen molar-refractivity contribution < 1.29 is 22.5 Å². The predicted molar refractivity (Wildman–Crippen MR) is 129 cm³/mol. The number of amides is 1. The summed E-state index contributed by atoms with van der Waals surface area (Å²) in [6.07, 6.45) is 1.87. The van der Waals surface area contributed by atoms with Crippen molar-refractivity contribution >= 4 is 17.1 Å². The average molecular weight is 495 g/mol. The van der Waals surface area contributed by atoms with Crippen molar-refractivity contribution in [2.75, 3.05) is 13.1 Å². The van der Waals surface area contributed by atoms with Crippen LogP contribution in [0.4, 0.5) is 13.2 Å². The molecular formula is C26H33F3N2O2S. The molecule has 0 radical (unpaired) electrons. The van der Waals surface area contributed by atoms with Gasteiger partial charge in [-0.15, -0.1) is 0 Å². The number of hydrogen-bond donors (Lipinski definition) is 1. The van der Waals surface area contributed by atoms with E-state index in [4.69, 9.17) is 5.73 Å². The normalized spacial score (nSPS) is 17.9. The lowest BCUT2D eigenvalue weighted by Crippen LogP contribution is -2.62. The van der Waals surface area contributed by atoms with E-state index in [1.54, 1.807) is 25.7 Å². The number of likely N-dealkylation sites (tertiary alicyclic amines) is 1. The zero-order valence-electron chi connectivity index (χ0n) is 20.0. The Labute approximate surface area is 202 Å². The van der Waals surface area contributed by atoms with Crippen LogP contribution in [0.5, 0.6) is 0 Å². The van der Waals surface area contributed by atoms with Gasteiger partial charge in [0.25, 0.3) is 0 Å². The molecule has 2 aromatic carbocycles. The minimum absolute atomic E-state index is 0.0496. The zero-order chi connectivity index (χ0) is 25.1. The molecule has 4 nitrogen and oxygen atoms in total. The monoisotopic (exact) mass is 494 g/mol. The Kier molecular flexibility index (Phi) is 8.37.